The quantitative estimate of drug-likeness (QED) is 0.538. The molecule has 0 aromatic heterocycles. The molecule has 1 aliphatic rings. The first-order valence-electron chi connectivity index (χ1n) is 5.18. The fourth-order valence-electron chi connectivity index (χ4n) is 1.72. The average molecular weight is 247 g/mol. The zero-order chi connectivity index (χ0) is 12.3. The predicted molar refractivity (Wildman–Crippen MR) is 61.8 cm³/mol. The fraction of sp³-hybridized carbons (Fsp3) is 0.727. The molecule has 0 saturated carbocycles. The molecular weight excluding hydrogens is 231 g/mol. The van der Waals surface area contributed by atoms with Crippen LogP contribution in [0, 0.1) is 12.3 Å². The molecule has 1 fully saturated rings. The van der Waals surface area contributed by atoms with Crippen molar-refractivity contribution in [3.63, 3.8) is 0 Å². The Morgan fingerprint density at radius 3 is 2.31 bits per heavy atom. The Morgan fingerprint density at radius 2 is 1.94 bits per heavy atom. The van der Waals surface area contributed by atoms with E-state index in [0.717, 1.165) is 0 Å². The van der Waals surface area contributed by atoms with E-state index in [2.05, 4.69) is 10.8 Å². The SMILES string of the molecule is C#CC(C)(C)N1CCN(C(=O)C(F)Cl)CC1. The summed E-state index contributed by atoms with van der Waals surface area (Å²) in [6, 6.07) is 0. The Morgan fingerprint density at radius 1 is 1.44 bits per heavy atom. The Kier molecular flexibility index (Phi) is 4.17. The van der Waals surface area contributed by atoms with Crippen molar-refractivity contribution in [3.05, 3.63) is 0 Å². The lowest BCUT2D eigenvalue weighted by atomic mass is 10.0. The first-order valence-corrected chi connectivity index (χ1v) is 5.62. The molecule has 0 N–H and O–H groups in total. The van der Waals surface area contributed by atoms with E-state index in [1.165, 1.54) is 4.90 Å². The van der Waals surface area contributed by atoms with E-state index in [1.54, 1.807) is 0 Å². The molecule has 1 rings (SSSR count). The summed E-state index contributed by atoms with van der Waals surface area (Å²) >= 11 is 5.11. The van der Waals surface area contributed by atoms with Gasteiger partial charge in [-0.1, -0.05) is 17.5 Å². The molecule has 0 spiro atoms. The van der Waals surface area contributed by atoms with Crippen molar-refractivity contribution in [2.45, 2.75) is 25.0 Å². The molecular formula is C11H16ClFN2O. The Hall–Kier alpha value is -0.790. The first kappa shape index (κ1) is 13.3. The van der Waals surface area contributed by atoms with E-state index in [1.807, 2.05) is 13.8 Å². The van der Waals surface area contributed by atoms with Crippen molar-refractivity contribution in [1.82, 2.24) is 9.80 Å². The van der Waals surface area contributed by atoms with Crippen LogP contribution in [0.1, 0.15) is 13.8 Å². The molecule has 3 nitrogen and oxygen atoms in total. The van der Waals surface area contributed by atoms with Gasteiger partial charge in [0, 0.05) is 26.2 Å². The topological polar surface area (TPSA) is 23.6 Å². The van der Waals surface area contributed by atoms with Gasteiger partial charge in [0.1, 0.15) is 0 Å². The van der Waals surface area contributed by atoms with Crippen LogP contribution in [-0.4, -0.2) is 53.1 Å². The van der Waals surface area contributed by atoms with Gasteiger partial charge in [0.25, 0.3) is 11.5 Å². The van der Waals surface area contributed by atoms with E-state index < -0.39 is 11.5 Å². The Balaban J connectivity index is 2.53. The summed E-state index contributed by atoms with van der Waals surface area (Å²) in [5.74, 6) is 2.05. The summed E-state index contributed by atoms with van der Waals surface area (Å²) in [5, 5.41) is 0. The van der Waals surface area contributed by atoms with E-state index >= 15 is 0 Å². The average Bonchev–Trinajstić information content (AvgIpc) is 2.28. The summed E-state index contributed by atoms with van der Waals surface area (Å²) in [7, 11) is 0. The van der Waals surface area contributed by atoms with Crippen molar-refractivity contribution in [1.29, 1.82) is 0 Å². The number of halogens is 2. The monoisotopic (exact) mass is 246 g/mol. The van der Waals surface area contributed by atoms with E-state index in [4.69, 9.17) is 18.0 Å². The molecule has 1 saturated heterocycles. The van der Waals surface area contributed by atoms with Crippen molar-refractivity contribution in [2.24, 2.45) is 0 Å². The zero-order valence-corrected chi connectivity index (χ0v) is 10.3. The second-order valence-corrected chi connectivity index (χ2v) is 4.70. The molecule has 5 heteroatoms. The molecule has 0 bridgehead atoms. The number of rotatable bonds is 2. The molecule has 16 heavy (non-hydrogen) atoms. The van der Waals surface area contributed by atoms with Crippen LogP contribution in [0.3, 0.4) is 0 Å². The van der Waals surface area contributed by atoms with Crippen molar-refractivity contribution in [2.75, 3.05) is 26.2 Å². The van der Waals surface area contributed by atoms with Gasteiger partial charge in [0.15, 0.2) is 0 Å². The van der Waals surface area contributed by atoms with Crippen LogP contribution in [0.15, 0.2) is 0 Å². The highest BCUT2D eigenvalue weighted by Crippen LogP contribution is 2.16. The number of piperazine rings is 1. The third kappa shape index (κ3) is 2.87. The molecule has 1 unspecified atom stereocenters. The maximum Gasteiger partial charge on any atom is 0.272 e. The number of amides is 1. The van der Waals surface area contributed by atoms with Gasteiger partial charge in [0.05, 0.1) is 5.54 Å². The van der Waals surface area contributed by atoms with Gasteiger partial charge < -0.3 is 4.90 Å². The number of hydrogen-bond donors (Lipinski definition) is 0. The standard InChI is InChI=1S/C11H16ClFN2O/c1-4-11(2,3)15-7-5-14(6-8-15)10(16)9(12)13/h1,9H,5-8H2,2-3H3. The lowest BCUT2D eigenvalue weighted by Gasteiger charge is -2.41. The minimum absolute atomic E-state index is 0.328. The van der Waals surface area contributed by atoms with Gasteiger partial charge in [-0.3, -0.25) is 9.69 Å². The van der Waals surface area contributed by atoms with Gasteiger partial charge >= 0.3 is 0 Å². The highest BCUT2D eigenvalue weighted by Gasteiger charge is 2.31. The minimum atomic E-state index is -1.94. The van der Waals surface area contributed by atoms with Crippen LogP contribution >= 0.6 is 11.6 Å². The lowest BCUT2D eigenvalue weighted by Crippen LogP contribution is -2.56. The molecule has 0 aromatic rings. The summed E-state index contributed by atoms with van der Waals surface area (Å²) in [5.41, 5.74) is -2.27. The Bertz CT molecular complexity index is 304. The third-order valence-corrected chi connectivity index (χ3v) is 3.11. The predicted octanol–water partition coefficient (Wildman–Crippen LogP) is 1.08. The van der Waals surface area contributed by atoms with Gasteiger partial charge in [-0.25, -0.2) is 4.39 Å². The van der Waals surface area contributed by atoms with Crippen molar-refractivity contribution < 1.29 is 9.18 Å². The normalized spacial score (nSPS) is 20.3. The number of alkyl halides is 2. The molecule has 1 atom stereocenters. The summed E-state index contributed by atoms with van der Waals surface area (Å²) in [6.07, 6.45) is 5.43. The maximum absolute atomic E-state index is 12.6. The molecule has 1 aliphatic heterocycles. The lowest BCUT2D eigenvalue weighted by molar-refractivity contribution is -0.136. The summed E-state index contributed by atoms with van der Waals surface area (Å²) in [4.78, 5) is 14.8. The smallest absolute Gasteiger partial charge is 0.272 e. The maximum atomic E-state index is 12.6. The van der Waals surface area contributed by atoms with E-state index in [-0.39, 0.29) is 5.54 Å². The van der Waals surface area contributed by atoms with Gasteiger partial charge in [0.2, 0.25) is 0 Å². The molecule has 0 aromatic carbocycles. The van der Waals surface area contributed by atoms with Crippen LogP contribution in [-0.2, 0) is 4.79 Å². The van der Waals surface area contributed by atoms with Crippen LogP contribution < -0.4 is 0 Å². The van der Waals surface area contributed by atoms with E-state index in [0.29, 0.717) is 26.2 Å². The van der Waals surface area contributed by atoms with Crippen LogP contribution in [0.25, 0.3) is 0 Å². The molecule has 1 heterocycles. The number of carbonyl (C=O) groups is 1. The number of nitrogens with zero attached hydrogens (tertiary/aromatic N) is 2. The van der Waals surface area contributed by atoms with Crippen LogP contribution in [0.2, 0.25) is 0 Å². The van der Waals surface area contributed by atoms with Crippen LogP contribution in [0.5, 0.6) is 0 Å². The number of hydrogen-bond acceptors (Lipinski definition) is 2. The van der Waals surface area contributed by atoms with Gasteiger partial charge in [-0.05, 0) is 13.8 Å². The van der Waals surface area contributed by atoms with E-state index in [9.17, 15) is 9.18 Å². The van der Waals surface area contributed by atoms with Gasteiger partial charge in [-0.15, -0.1) is 6.42 Å². The molecule has 0 radical (unpaired) electrons. The molecule has 0 aliphatic carbocycles. The number of carbonyl (C=O) groups excluding carboxylic acids is 1. The number of terminal acetylenes is 1. The fourth-order valence-corrected chi connectivity index (χ4v) is 1.85. The van der Waals surface area contributed by atoms with Crippen molar-refractivity contribution >= 4 is 17.5 Å². The zero-order valence-electron chi connectivity index (χ0n) is 9.54. The first-order chi connectivity index (χ1) is 7.38. The summed E-state index contributed by atoms with van der Waals surface area (Å²) < 4.78 is 12.6. The molecule has 90 valence electrons. The summed E-state index contributed by atoms with van der Waals surface area (Å²) in [6.45, 7) is 6.13. The highest BCUT2D eigenvalue weighted by molar-refractivity contribution is 6.29. The highest BCUT2D eigenvalue weighted by atomic mass is 35.5. The van der Waals surface area contributed by atoms with Crippen molar-refractivity contribution in [3.8, 4) is 12.3 Å². The van der Waals surface area contributed by atoms with Crippen LogP contribution in [0.4, 0.5) is 4.39 Å². The Labute approximate surface area is 101 Å². The third-order valence-electron chi connectivity index (χ3n) is 2.92. The largest absolute Gasteiger partial charge is 0.336 e. The second-order valence-electron chi connectivity index (χ2n) is 4.32. The molecule has 1 amide bonds. The second kappa shape index (κ2) is 5.03. The minimum Gasteiger partial charge on any atom is -0.336 e. The van der Waals surface area contributed by atoms with Gasteiger partial charge in [-0.2, -0.15) is 0 Å².